The quantitative estimate of drug-likeness (QED) is 0.630. The van der Waals surface area contributed by atoms with E-state index in [1.54, 1.807) is 0 Å². The second kappa shape index (κ2) is 5.87. The number of ether oxygens (including phenoxy) is 1. The molecule has 2 amide bonds. The maximum Gasteiger partial charge on any atom is 0.325 e. The van der Waals surface area contributed by atoms with Gasteiger partial charge in [0.15, 0.2) is 0 Å². The van der Waals surface area contributed by atoms with Crippen molar-refractivity contribution in [2.75, 3.05) is 13.7 Å². The molecule has 0 unspecified atom stereocenters. The van der Waals surface area contributed by atoms with Crippen molar-refractivity contribution in [2.45, 2.75) is 0 Å². The highest BCUT2D eigenvalue weighted by molar-refractivity contribution is 8.18. The molecule has 0 aromatic heterocycles. The maximum atomic E-state index is 12.8. The fourth-order valence-electron chi connectivity index (χ4n) is 1.54. The van der Waals surface area contributed by atoms with Gasteiger partial charge in [-0.2, -0.15) is 0 Å². The van der Waals surface area contributed by atoms with Gasteiger partial charge < -0.3 is 4.74 Å². The van der Waals surface area contributed by atoms with E-state index in [0.29, 0.717) is 5.56 Å². The van der Waals surface area contributed by atoms with Crippen LogP contribution in [0.5, 0.6) is 0 Å². The van der Waals surface area contributed by atoms with E-state index in [1.807, 2.05) is 0 Å². The number of carbonyl (C=O) groups excluding carboxylic acids is 3. The molecule has 1 aliphatic heterocycles. The second-order valence-electron chi connectivity index (χ2n) is 3.90. The van der Waals surface area contributed by atoms with E-state index in [2.05, 4.69) is 4.74 Å². The molecule has 0 atom stereocenters. The molecule has 1 aromatic rings. The lowest BCUT2D eigenvalue weighted by Gasteiger charge is -2.09. The van der Waals surface area contributed by atoms with Crippen LogP contribution in [0.2, 0.25) is 0 Å². The minimum Gasteiger partial charge on any atom is -0.468 e. The van der Waals surface area contributed by atoms with E-state index in [9.17, 15) is 18.8 Å². The molecule has 0 aliphatic carbocycles. The summed E-state index contributed by atoms with van der Waals surface area (Å²) < 4.78 is 17.2. The third-order valence-electron chi connectivity index (χ3n) is 2.56. The molecule has 1 heterocycles. The summed E-state index contributed by atoms with van der Waals surface area (Å²) in [4.78, 5) is 35.7. The smallest absolute Gasteiger partial charge is 0.325 e. The SMILES string of the molecule is COC(=O)CN1C(=O)S/C(=C/c2ccc(F)cc2)C1=O. The van der Waals surface area contributed by atoms with Crippen LogP contribution in [-0.2, 0) is 14.3 Å². The zero-order chi connectivity index (χ0) is 14.7. The Labute approximate surface area is 118 Å². The van der Waals surface area contributed by atoms with Gasteiger partial charge in [0.25, 0.3) is 11.1 Å². The number of methoxy groups -OCH3 is 1. The number of benzene rings is 1. The number of thioether (sulfide) groups is 1. The molecule has 20 heavy (non-hydrogen) atoms. The molecule has 1 fully saturated rings. The van der Waals surface area contributed by atoms with Gasteiger partial charge in [-0.1, -0.05) is 12.1 Å². The molecule has 5 nitrogen and oxygen atoms in total. The van der Waals surface area contributed by atoms with Gasteiger partial charge in [0.2, 0.25) is 0 Å². The van der Waals surface area contributed by atoms with Crippen LogP contribution in [0.1, 0.15) is 5.56 Å². The predicted molar refractivity (Wildman–Crippen MR) is 71.1 cm³/mol. The van der Waals surface area contributed by atoms with Gasteiger partial charge in [0.1, 0.15) is 12.4 Å². The first-order valence-corrected chi connectivity index (χ1v) is 6.40. The van der Waals surface area contributed by atoms with Crippen molar-refractivity contribution in [3.63, 3.8) is 0 Å². The highest BCUT2D eigenvalue weighted by atomic mass is 32.2. The Hall–Kier alpha value is -2.15. The van der Waals surface area contributed by atoms with Crippen molar-refractivity contribution in [3.8, 4) is 0 Å². The van der Waals surface area contributed by atoms with E-state index in [-0.39, 0.29) is 10.7 Å². The fourth-order valence-corrected chi connectivity index (χ4v) is 2.38. The van der Waals surface area contributed by atoms with Crippen LogP contribution < -0.4 is 0 Å². The van der Waals surface area contributed by atoms with Crippen molar-refractivity contribution in [2.24, 2.45) is 0 Å². The zero-order valence-electron chi connectivity index (χ0n) is 10.5. The van der Waals surface area contributed by atoms with Crippen LogP contribution in [-0.4, -0.2) is 35.7 Å². The van der Waals surface area contributed by atoms with E-state index >= 15 is 0 Å². The van der Waals surface area contributed by atoms with Gasteiger partial charge in [-0.25, -0.2) is 4.39 Å². The molecule has 1 aliphatic rings. The van der Waals surface area contributed by atoms with Crippen LogP contribution in [0.4, 0.5) is 9.18 Å². The van der Waals surface area contributed by atoms with Crippen LogP contribution in [0.3, 0.4) is 0 Å². The van der Waals surface area contributed by atoms with Gasteiger partial charge in [0.05, 0.1) is 12.0 Å². The Morgan fingerprint density at radius 3 is 2.60 bits per heavy atom. The fraction of sp³-hybridized carbons (Fsp3) is 0.154. The molecule has 0 N–H and O–H groups in total. The molecular weight excluding hydrogens is 285 g/mol. The molecule has 0 radical (unpaired) electrons. The third kappa shape index (κ3) is 3.05. The molecular formula is C13H10FNO4S. The van der Waals surface area contributed by atoms with Crippen molar-refractivity contribution in [1.29, 1.82) is 0 Å². The van der Waals surface area contributed by atoms with Crippen LogP contribution in [0.25, 0.3) is 6.08 Å². The van der Waals surface area contributed by atoms with Gasteiger partial charge >= 0.3 is 5.97 Å². The molecule has 1 aromatic carbocycles. The number of carbonyl (C=O) groups is 3. The van der Waals surface area contributed by atoms with Crippen LogP contribution in [0, 0.1) is 5.82 Å². The summed E-state index contributed by atoms with van der Waals surface area (Å²) in [5.74, 6) is -1.62. The minimum atomic E-state index is -0.671. The normalized spacial score (nSPS) is 16.9. The van der Waals surface area contributed by atoms with Gasteiger partial charge in [-0.3, -0.25) is 19.3 Å². The average molecular weight is 295 g/mol. The number of halogens is 1. The van der Waals surface area contributed by atoms with Crippen LogP contribution in [0.15, 0.2) is 29.2 Å². The van der Waals surface area contributed by atoms with Crippen LogP contribution >= 0.6 is 11.8 Å². The number of imide groups is 1. The average Bonchev–Trinajstić information content (AvgIpc) is 2.69. The van der Waals surface area contributed by atoms with Gasteiger partial charge in [0, 0.05) is 0 Å². The largest absolute Gasteiger partial charge is 0.468 e. The summed E-state index contributed by atoms with van der Waals surface area (Å²) in [5.41, 5.74) is 0.593. The Morgan fingerprint density at radius 1 is 1.35 bits per heavy atom. The maximum absolute atomic E-state index is 12.8. The molecule has 104 valence electrons. The Balaban J connectivity index is 2.19. The molecule has 0 saturated carbocycles. The number of hydrogen-bond acceptors (Lipinski definition) is 5. The van der Waals surface area contributed by atoms with E-state index in [1.165, 1.54) is 37.5 Å². The zero-order valence-corrected chi connectivity index (χ0v) is 11.3. The highest BCUT2D eigenvalue weighted by Gasteiger charge is 2.36. The molecule has 0 spiro atoms. The Kier molecular flexibility index (Phi) is 4.19. The topological polar surface area (TPSA) is 63.7 Å². The first-order valence-electron chi connectivity index (χ1n) is 5.59. The minimum absolute atomic E-state index is 0.186. The molecule has 1 saturated heterocycles. The van der Waals surface area contributed by atoms with Crippen molar-refractivity contribution in [3.05, 3.63) is 40.6 Å². The standard InChI is InChI=1S/C13H10FNO4S/c1-19-11(16)7-15-12(17)10(20-13(15)18)6-8-2-4-9(14)5-3-8/h2-6H,7H2,1H3/b10-6+. The second-order valence-corrected chi connectivity index (χ2v) is 4.89. The monoisotopic (exact) mass is 295 g/mol. The summed E-state index contributed by atoms with van der Waals surface area (Å²) >= 11 is 0.730. The summed E-state index contributed by atoms with van der Waals surface area (Å²) in [5, 5.41) is -0.534. The number of nitrogens with zero attached hydrogens (tertiary/aromatic N) is 1. The summed E-state index contributed by atoms with van der Waals surface area (Å²) in [7, 11) is 1.18. The lowest BCUT2D eigenvalue weighted by atomic mass is 10.2. The van der Waals surface area contributed by atoms with Gasteiger partial charge in [-0.15, -0.1) is 0 Å². The van der Waals surface area contributed by atoms with Crippen molar-refractivity contribution < 1.29 is 23.5 Å². The number of esters is 1. The third-order valence-corrected chi connectivity index (χ3v) is 3.46. The number of rotatable bonds is 3. The van der Waals surface area contributed by atoms with Crippen molar-refractivity contribution >= 4 is 35.0 Å². The Bertz CT molecular complexity index is 597. The molecule has 2 rings (SSSR count). The summed E-state index contributed by atoms with van der Waals surface area (Å²) in [6.45, 7) is -0.415. The predicted octanol–water partition coefficient (Wildman–Crippen LogP) is 2.03. The lowest BCUT2D eigenvalue weighted by Crippen LogP contribution is -2.34. The van der Waals surface area contributed by atoms with Crippen molar-refractivity contribution in [1.82, 2.24) is 4.90 Å². The van der Waals surface area contributed by atoms with E-state index in [4.69, 9.17) is 0 Å². The van der Waals surface area contributed by atoms with Gasteiger partial charge in [-0.05, 0) is 35.5 Å². The molecule has 7 heteroatoms. The summed E-state index contributed by atoms with van der Waals surface area (Å²) in [6, 6.07) is 5.49. The number of hydrogen-bond donors (Lipinski definition) is 0. The lowest BCUT2D eigenvalue weighted by molar-refractivity contribution is -0.143. The van der Waals surface area contributed by atoms with E-state index < -0.39 is 23.7 Å². The first-order chi connectivity index (χ1) is 9.51. The molecule has 0 bridgehead atoms. The first kappa shape index (κ1) is 14.3. The summed E-state index contributed by atoms with van der Waals surface area (Å²) in [6.07, 6.45) is 1.47. The highest BCUT2D eigenvalue weighted by Crippen LogP contribution is 2.31. The van der Waals surface area contributed by atoms with E-state index in [0.717, 1.165) is 16.7 Å². The number of amides is 2. The Morgan fingerprint density at radius 2 is 2.00 bits per heavy atom.